The fraction of sp³-hybridized carbons (Fsp3) is 0.600. The van der Waals surface area contributed by atoms with Crippen LogP contribution in [0.4, 0.5) is 10.1 Å². The molecule has 0 amide bonds. The van der Waals surface area contributed by atoms with E-state index in [0.29, 0.717) is 11.6 Å². The minimum absolute atomic E-state index is 0.197. The van der Waals surface area contributed by atoms with E-state index in [0.717, 1.165) is 31.7 Å². The maximum absolute atomic E-state index is 14.0. The van der Waals surface area contributed by atoms with Crippen LogP contribution in [0, 0.1) is 5.82 Å². The summed E-state index contributed by atoms with van der Waals surface area (Å²) in [5.41, 5.74) is 7.55. The molecule has 1 aromatic carbocycles. The van der Waals surface area contributed by atoms with Gasteiger partial charge in [0.05, 0.1) is 0 Å². The summed E-state index contributed by atoms with van der Waals surface area (Å²) in [6.45, 7) is 7.07. The lowest BCUT2D eigenvalue weighted by Gasteiger charge is -2.32. The molecule has 4 heteroatoms. The number of rotatable bonds is 2. The third kappa shape index (κ3) is 3.07. The van der Waals surface area contributed by atoms with Crippen LogP contribution in [-0.4, -0.2) is 37.6 Å². The standard InChI is InChI=1S/C15H24FN3/c1-11-10-18(3)8-5-9-19(11)14-7-4-6-13(16)15(14)12(2)17/h4,6-7,11-12H,5,8-10,17H2,1-3H3/t11?,12-/m0/s1. The van der Waals surface area contributed by atoms with Gasteiger partial charge < -0.3 is 15.5 Å². The minimum atomic E-state index is -0.288. The van der Waals surface area contributed by atoms with Crippen LogP contribution in [0.15, 0.2) is 18.2 Å². The molecular weight excluding hydrogens is 241 g/mol. The Morgan fingerprint density at radius 2 is 2.11 bits per heavy atom. The molecule has 0 aliphatic carbocycles. The molecule has 106 valence electrons. The molecule has 1 fully saturated rings. The second-order valence-electron chi connectivity index (χ2n) is 5.62. The van der Waals surface area contributed by atoms with E-state index in [1.807, 2.05) is 13.0 Å². The van der Waals surface area contributed by atoms with E-state index in [1.54, 1.807) is 6.07 Å². The van der Waals surface area contributed by atoms with Crippen molar-refractivity contribution in [1.82, 2.24) is 4.90 Å². The van der Waals surface area contributed by atoms with Crippen LogP contribution in [0.25, 0.3) is 0 Å². The Morgan fingerprint density at radius 3 is 2.79 bits per heavy atom. The maximum atomic E-state index is 14.0. The van der Waals surface area contributed by atoms with Gasteiger partial charge in [-0.3, -0.25) is 0 Å². The molecule has 3 nitrogen and oxygen atoms in total. The molecule has 0 radical (unpaired) electrons. The van der Waals surface area contributed by atoms with Gasteiger partial charge in [-0.2, -0.15) is 0 Å². The summed E-state index contributed by atoms with van der Waals surface area (Å²) in [4.78, 5) is 4.63. The SMILES string of the molecule is CC1CN(C)CCCN1c1cccc(F)c1[C@H](C)N. The van der Waals surface area contributed by atoms with Crippen LogP contribution >= 0.6 is 0 Å². The molecule has 1 unspecified atom stereocenters. The highest BCUT2D eigenvalue weighted by atomic mass is 19.1. The number of nitrogens with zero attached hydrogens (tertiary/aromatic N) is 2. The fourth-order valence-electron chi connectivity index (χ4n) is 2.96. The van der Waals surface area contributed by atoms with Gasteiger partial charge in [-0.15, -0.1) is 0 Å². The number of hydrogen-bond acceptors (Lipinski definition) is 3. The van der Waals surface area contributed by atoms with Gasteiger partial charge in [-0.1, -0.05) is 6.07 Å². The van der Waals surface area contributed by atoms with Crippen LogP contribution in [0.3, 0.4) is 0 Å². The number of benzene rings is 1. The van der Waals surface area contributed by atoms with Crippen LogP contribution in [0.5, 0.6) is 0 Å². The molecule has 2 atom stereocenters. The molecule has 1 aliphatic heterocycles. The molecule has 0 spiro atoms. The summed E-state index contributed by atoms with van der Waals surface area (Å²) in [6, 6.07) is 5.34. The highest BCUT2D eigenvalue weighted by molar-refractivity contribution is 5.56. The van der Waals surface area contributed by atoms with Gasteiger partial charge in [0.15, 0.2) is 0 Å². The number of anilines is 1. The average molecular weight is 265 g/mol. The van der Waals surface area contributed by atoms with Crippen molar-refractivity contribution < 1.29 is 4.39 Å². The fourth-order valence-corrected chi connectivity index (χ4v) is 2.96. The van der Waals surface area contributed by atoms with E-state index in [9.17, 15) is 4.39 Å². The van der Waals surface area contributed by atoms with Crippen LogP contribution in [0.2, 0.25) is 0 Å². The normalized spacial score (nSPS) is 23.2. The van der Waals surface area contributed by atoms with Gasteiger partial charge in [0.25, 0.3) is 0 Å². The second kappa shape index (κ2) is 5.88. The summed E-state index contributed by atoms with van der Waals surface area (Å²) in [5, 5.41) is 0. The van der Waals surface area contributed by atoms with Gasteiger partial charge in [-0.05, 0) is 46.0 Å². The smallest absolute Gasteiger partial charge is 0.130 e. The van der Waals surface area contributed by atoms with Gasteiger partial charge in [0.1, 0.15) is 5.82 Å². The Bertz CT molecular complexity index is 433. The van der Waals surface area contributed by atoms with Crippen LogP contribution < -0.4 is 10.6 Å². The quantitative estimate of drug-likeness (QED) is 0.891. The molecule has 1 saturated heterocycles. The Labute approximate surface area is 115 Å². The lowest BCUT2D eigenvalue weighted by atomic mass is 10.0. The third-order valence-electron chi connectivity index (χ3n) is 3.84. The van der Waals surface area contributed by atoms with Crippen molar-refractivity contribution in [1.29, 1.82) is 0 Å². The lowest BCUT2D eigenvalue weighted by molar-refractivity contribution is 0.337. The van der Waals surface area contributed by atoms with Crippen molar-refractivity contribution >= 4 is 5.69 Å². The van der Waals surface area contributed by atoms with Crippen molar-refractivity contribution in [3.8, 4) is 0 Å². The molecular formula is C15H24FN3. The molecule has 1 aliphatic rings. The van der Waals surface area contributed by atoms with Crippen molar-refractivity contribution in [3.63, 3.8) is 0 Å². The zero-order valence-corrected chi connectivity index (χ0v) is 12.1. The first-order valence-electron chi connectivity index (χ1n) is 7.00. The first-order chi connectivity index (χ1) is 9.00. The summed E-state index contributed by atoms with van der Waals surface area (Å²) in [7, 11) is 2.14. The van der Waals surface area contributed by atoms with Crippen molar-refractivity contribution in [3.05, 3.63) is 29.6 Å². The summed E-state index contributed by atoms with van der Waals surface area (Å²) < 4.78 is 14.0. The van der Waals surface area contributed by atoms with E-state index < -0.39 is 0 Å². The van der Waals surface area contributed by atoms with E-state index >= 15 is 0 Å². The van der Waals surface area contributed by atoms with Crippen molar-refractivity contribution in [2.24, 2.45) is 5.73 Å². The van der Waals surface area contributed by atoms with Crippen molar-refractivity contribution in [2.75, 3.05) is 31.6 Å². The zero-order chi connectivity index (χ0) is 14.0. The highest BCUT2D eigenvalue weighted by Gasteiger charge is 2.24. The first-order valence-corrected chi connectivity index (χ1v) is 7.00. The first kappa shape index (κ1) is 14.3. The van der Waals surface area contributed by atoms with Gasteiger partial charge in [0, 0.05) is 36.4 Å². The largest absolute Gasteiger partial charge is 0.367 e. The highest BCUT2D eigenvalue weighted by Crippen LogP contribution is 2.30. The number of halogens is 1. The van der Waals surface area contributed by atoms with Crippen LogP contribution in [-0.2, 0) is 0 Å². The Hall–Kier alpha value is -1.13. The molecule has 0 bridgehead atoms. The zero-order valence-electron chi connectivity index (χ0n) is 12.1. The summed E-state index contributed by atoms with van der Waals surface area (Å²) >= 11 is 0. The van der Waals surface area contributed by atoms with E-state index in [1.165, 1.54) is 6.07 Å². The Morgan fingerprint density at radius 1 is 1.37 bits per heavy atom. The van der Waals surface area contributed by atoms with E-state index in [4.69, 9.17) is 5.73 Å². The molecule has 1 aromatic rings. The number of nitrogens with two attached hydrogens (primary N) is 1. The predicted molar refractivity (Wildman–Crippen MR) is 77.9 cm³/mol. The van der Waals surface area contributed by atoms with E-state index in [-0.39, 0.29) is 11.9 Å². The maximum Gasteiger partial charge on any atom is 0.130 e. The van der Waals surface area contributed by atoms with Gasteiger partial charge >= 0.3 is 0 Å². The third-order valence-corrected chi connectivity index (χ3v) is 3.84. The Balaban J connectivity index is 2.37. The molecule has 2 rings (SSSR count). The van der Waals surface area contributed by atoms with Gasteiger partial charge in [0.2, 0.25) is 0 Å². The second-order valence-corrected chi connectivity index (χ2v) is 5.62. The molecule has 0 saturated carbocycles. The monoisotopic (exact) mass is 265 g/mol. The number of likely N-dealkylation sites (N-methyl/N-ethyl adjacent to an activating group) is 1. The molecule has 0 aromatic heterocycles. The van der Waals surface area contributed by atoms with Crippen LogP contribution in [0.1, 0.15) is 31.9 Å². The molecule has 2 N–H and O–H groups in total. The summed E-state index contributed by atoms with van der Waals surface area (Å²) in [5.74, 6) is -0.197. The minimum Gasteiger partial charge on any atom is -0.367 e. The topological polar surface area (TPSA) is 32.5 Å². The lowest BCUT2D eigenvalue weighted by Crippen LogP contribution is -2.39. The predicted octanol–water partition coefficient (Wildman–Crippen LogP) is 2.38. The van der Waals surface area contributed by atoms with Crippen molar-refractivity contribution in [2.45, 2.75) is 32.4 Å². The number of hydrogen-bond donors (Lipinski definition) is 1. The molecule has 1 heterocycles. The summed E-state index contributed by atoms with van der Waals surface area (Å²) in [6.07, 6.45) is 1.09. The molecule has 19 heavy (non-hydrogen) atoms. The Kier molecular flexibility index (Phi) is 4.42. The van der Waals surface area contributed by atoms with E-state index in [2.05, 4.69) is 23.8 Å². The van der Waals surface area contributed by atoms with Gasteiger partial charge in [-0.25, -0.2) is 4.39 Å². The average Bonchev–Trinajstić information content (AvgIpc) is 2.49.